The minimum absolute atomic E-state index is 0.0293. The van der Waals surface area contributed by atoms with E-state index in [1.165, 1.54) is 11.1 Å². The Balaban J connectivity index is 2.55. The van der Waals surface area contributed by atoms with Gasteiger partial charge in [0, 0.05) is 18.9 Å². The summed E-state index contributed by atoms with van der Waals surface area (Å²) in [6.07, 6.45) is 1.86. The van der Waals surface area contributed by atoms with Gasteiger partial charge in [-0.25, -0.2) is 0 Å². The average molecular weight is 261 g/mol. The van der Waals surface area contributed by atoms with E-state index in [2.05, 4.69) is 52.8 Å². The van der Waals surface area contributed by atoms with Crippen LogP contribution < -0.4 is 5.73 Å². The second kappa shape index (κ2) is 6.33. The van der Waals surface area contributed by atoms with Gasteiger partial charge >= 0.3 is 0 Å². The van der Waals surface area contributed by atoms with Gasteiger partial charge in [-0.3, -0.25) is 4.79 Å². The third-order valence-electron chi connectivity index (χ3n) is 3.05. The standard InChI is InChI=1S/C17H27NO/c1-12-6-13(2)8-14(7-12)9-16(19)10-15(18)11-17(3,4)5/h6-8,15H,9-11,18H2,1-5H3. The van der Waals surface area contributed by atoms with Crippen LogP contribution in [0.2, 0.25) is 0 Å². The van der Waals surface area contributed by atoms with E-state index in [9.17, 15) is 4.79 Å². The van der Waals surface area contributed by atoms with Crippen molar-refractivity contribution in [2.45, 2.75) is 59.9 Å². The topological polar surface area (TPSA) is 43.1 Å². The first kappa shape index (κ1) is 15.9. The average Bonchev–Trinajstić information content (AvgIpc) is 2.10. The fourth-order valence-electron chi connectivity index (χ4n) is 2.62. The molecule has 0 aliphatic rings. The van der Waals surface area contributed by atoms with Crippen LogP contribution in [0.25, 0.3) is 0 Å². The highest BCUT2D eigenvalue weighted by molar-refractivity contribution is 5.81. The zero-order chi connectivity index (χ0) is 14.6. The van der Waals surface area contributed by atoms with E-state index in [1.807, 2.05) is 0 Å². The molecule has 19 heavy (non-hydrogen) atoms. The van der Waals surface area contributed by atoms with Gasteiger partial charge in [-0.05, 0) is 31.2 Å². The van der Waals surface area contributed by atoms with Crippen molar-refractivity contribution in [3.8, 4) is 0 Å². The molecule has 0 bridgehead atoms. The van der Waals surface area contributed by atoms with Crippen LogP contribution in [-0.4, -0.2) is 11.8 Å². The summed E-state index contributed by atoms with van der Waals surface area (Å²) in [5.41, 5.74) is 9.76. The molecule has 1 atom stereocenters. The molecule has 106 valence electrons. The number of carbonyl (C=O) groups excluding carboxylic acids is 1. The van der Waals surface area contributed by atoms with Gasteiger partial charge in [-0.15, -0.1) is 0 Å². The lowest BCUT2D eigenvalue weighted by molar-refractivity contribution is -0.118. The maximum Gasteiger partial charge on any atom is 0.138 e. The number of hydrogen-bond donors (Lipinski definition) is 1. The smallest absolute Gasteiger partial charge is 0.138 e. The highest BCUT2D eigenvalue weighted by atomic mass is 16.1. The number of carbonyl (C=O) groups is 1. The van der Waals surface area contributed by atoms with E-state index >= 15 is 0 Å². The Labute approximate surface area is 117 Å². The Morgan fingerprint density at radius 3 is 2.16 bits per heavy atom. The lowest BCUT2D eigenvalue weighted by Gasteiger charge is -2.22. The number of ketones is 1. The van der Waals surface area contributed by atoms with E-state index in [-0.39, 0.29) is 17.2 Å². The van der Waals surface area contributed by atoms with Gasteiger partial charge in [0.1, 0.15) is 5.78 Å². The number of aryl methyl sites for hydroxylation is 2. The number of benzene rings is 1. The molecular formula is C17H27NO. The molecule has 0 aliphatic heterocycles. The highest BCUT2D eigenvalue weighted by Crippen LogP contribution is 2.21. The van der Waals surface area contributed by atoms with Crippen molar-refractivity contribution in [3.63, 3.8) is 0 Å². The summed E-state index contributed by atoms with van der Waals surface area (Å²) in [4.78, 5) is 12.1. The molecule has 0 amide bonds. The lowest BCUT2D eigenvalue weighted by Crippen LogP contribution is -2.29. The Morgan fingerprint density at radius 1 is 1.16 bits per heavy atom. The number of nitrogens with two attached hydrogens (primary N) is 1. The monoisotopic (exact) mass is 261 g/mol. The van der Waals surface area contributed by atoms with E-state index < -0.39 is 0 Å². The van der Waals surface area contributed by atoms with Gasteiger partial charge in [0.2, 0.25) is 0 Å². The molecule has 0 aliphatic carbocycles. The van der Waals surface area contributed by atoms with Gasteiger partial charge in [0.05, 0.1) is 0 Å². The Bertz CT molecular complexity index is 423. The van der Waals surface area contributed by atoms with E-state index in [0.717, 1.165) is 12.0 Å². The Kier molecular flexibility index (Phi) is 5.30. The van der Waals surface area contributed by atoms with Crippen molar-refractivity contribution in [1.82, 2.24) is 0 Å². The number of Topliss-reactive ketones (excluding diaryl/α,β-unsaturated/α-hetero) is 1. The summed E-state index contributed by atoms with van der Waals surface area (Å²) in [7, 11) is 0. The molecule has 0 spiro atoms. The van der Waals surface area contributed by atoms with Crippen molar-refractivity contribution in [2.24, 2.45) is 11.1 Å². The second-order valence-electron chi connectivity index (χ2n) is 6.94. The number of rotatable bonds is 5. The van der Waals surface area contributed by atoms with Gasteiger partial charge in [0.15, 0.2) is 0 Å². The van der Waals surface area contributed by atoms with Crippen molar-refractivity contribution < 1.29 is 4.79 Å². The van der Waals surface area contributed by atoms with Crippen LogP contribution in [0.3, 0.4) is 0 Å². The van der Waals surface area contributed by atoms with Crippen LogP contribution in [0.5, 0.6) is 0 Å². The summed E-state index contributed by atoms with van der Waals surface area (Å²) < 4.78 is 0. The molecule has 0 heterocycles. The van der Waals surface area contributed by atoms with Crippen LogP contribution in [-0.2, 0) is 11.2 Å². The first-order chi connectivity index (χ1) is 8.65. The van der Waals surface area contributed by atoms with Crippen molar-refractivity contribution in [1.29, 1.82) is 0 Å². The molecule has 0 radical (unpaired) electrons. The predicted molar refractivity (Wildman–Crippen MR) is 81.3 cm³/mol. The van der Waals surface area contributed by atoms with Gasteiger partial charge in [-0.2, -0.15) is 0 Å². The van der Waals surface area contributed by atoms with Crippen LogP contribution in [0.15, 0.2) is 18.2 Å². The SMILES string of the molecule is Cc1cc(C)cc(CC(=O)CC(N)CC(C)(C)C)c1. The Hall–Kier alpha value is -1.15. The van der Waals surface area contributed by atoms with Crippen LogP contribution in [0.4, 0.5) is 0 Å². The van der Waals surface area contributed by atoms with Crippen LogP contribution in [0, 0.1) is 19.3 Å². The van der Waals surface area contributed by atoms with Gasteiger partial charge in [-0.1, -0.05) is 50.1 Å². The van der Waals surface area contributed by atoms with Crippen molar-refractivity contribution >= 4 is 5.78 Å². The summed E-state index contributed by atoms with van der Waals surface area (Å²) in [6, 6.07) is 6.26. The second-order valence-corrected chi connectivity index (χ2v) is 6.94. The Morgan fingerprint density at radius 2 is 1.68 bits per heavy atom. The maximum atomic E-state index is 12.1. The molecule has 1 rings (SSSR count). The molecule has 2 N–H and O–H groups in total. The molecule has 2 nitrogen and oxygen atoms in total. The third-order valence-corrected chi connectivity index (χ3v) is 3.05. The molecule has 1 aromatic carbocycles. The van der Waals surface area contributed by atoms with Crippen molar-refractivity contribution in [2.75, 3.05) is 0 Å². The van der Waals surface area contributed by atoms with E-state index in [1.54, 1.807) is 0 Å². The summed E-state index contributed by atoms with van der Waals surface area (Å²) in [6.45, 7) is 10.6. The minimum Gasteiger partial charge on any atom is -0.327 e. The molecular weight excluding hydrogens is 234 g/mol. The molecule has 1 aromatic rings. The molecule has 0 saturated carbocycles. The summed E-state index contributed by atoms with van der Waals surface area (Å²) in [5.74, 6) is 0.238. The third kappa shape index (κ3) is 6.53. The summed E-state index contributed by atoms with van der Waals surface area (Å²) >= 11 is 0. The molecule has 0 aromatic heterocycles. The summed E-state index contributed by atoms with van der Waals surface area (Å²) in [5, 5.41) is 0. The zero-order valence-corrected chi connectivity index (χ0v) is 12.9. The first-order valence-electron chi connectivity index (χ1n) is 7.00. The fourth-order valence-corrected chi connectivity index (χ4v) is 2.62. The lowest BCUT2D eigenvalue weighted by atomic mass is 9.86. The number of hydrogen-bond acceptors (Lipinski definition) is 2. The quantitative estimate of drug-likeness (QED) is 0.880. The van der Waals surface area contributed by atoms with Crippen LogP contribution in [0.1, 0.15) is 50.3 Å². The van der Waals surface area contributed by atoms with E-state index in [4.69, 9.17) is 5.73 Å². The zero-order valence-electron chi connectivity index (χ0n) is 12.9. The molecule has 1 unspecified atom stereocenters. The minimum atomic E-state index is -0.0293. The molecule has 0 fully saturated rings. The van der Waals surface area contributed by atoms with Crippen molar-refractivity contribution in [3.05, 3.63) is 34.9 Å². The maximum absolute atomic E-state index is 12.1. The van der Waals surface area contributed by atoms with Gasteiger partial charge < -0.3 is 5.73 Å². The largest absolute Gasteiger partial charge is 0.327 e. The fraction of sp³-hybridized carbons (Fsp3) is 0.588. The van der Waals surface area contributed by atoms with E-state index in [0.29, 0.717) is 12.8 Å². The normalized spacial score (nSPS) is 13.4. The predicted octanol–water partition coefficient (Wildman–Crippen LogP) is 3.57. The first-order valence-corrected chi connectivity index (χ1v) is 7.00. The molecule has 2 heteroatoms. The molecule has 0 saturated heterocycles. The van der Waals surface area contributed by atoms with Gasteiger partial charge in [0.25, 0.3) is 0 Å². The highest BCUT2D eigenvalue weighted by Gasteiger charge is 2.18. The van der Waals surface area contributed by atoms with Crippen LogP contribution >= 0.6 is 0 Å².